The van der Waals surface area contributed by atoms with Crippen LogP contribution in [0.15, 0.2) is 41.3 Å². The van der Waals surface area contributed by atoms with Crippen LogP contribution in [0.25, 0.3) is 0 Å². The minimum absolute atomic E-state index is 0.339. The lowest BCUT2D eigenvalue weighted by atomic mass is 10.3. The van der Waals surface area contributed by atoms with Gasteiger partial charge < -0.3 is 9.47 Å². The molecule has 0 heterocycles. The summed E-state index contributed by atoms with van der Waals surface area (Å²) >= 11 is 1.63. The van der Waals surface area contributed by atoms with Crippen molar-refractivity contribution < 1.29 is 14.3 Å². The molecule has 1 aromatic rings. The van der Waals surface area contributed by atoms with Crippen molar-refractivity contribution in [2.45, 2.75) is 11.8 Å². The van der Waals surface area contributed by atoms with Crippen LogP contribution in [0.1, 0.15) is 6.92 Å². The molecule has 0 saturated carbocycles. The van der Waals surface area contributed by atoms with Gasteiger partial charge in [-0.3, -0.25) is 0 Å². The minimum atomic E-state index is -0.339. The molecule has 92 valence electrons. The first-order valence-electron chi connectivity index (χ1n) is 5.37. The lowest BCUT2D eigenvalue weighted by molar-refractivity contribution is -0.137. The summed E-state index contributed by atoms with van der Waals surface area (Å²) in [6, 6.07) is 7.79. The number of esters is 1. The lowest BCUT2D eigenvalue weighted by Gasteiger charge is -2.07. The van der Waals surface area contributed by atoms with Crippen molar-refractivity contribution in [3.63, 3.8) is 0 Å². The second kappa shape index (κ2) is 7.79. The number of carbonyl (C=O) groups excluding carboxylic acids is 1. The van der Waals surface area contributed by atoms with Gasteiger partial charge in [0, 0.05) is 11.0 Å². The Morgan fingerprint density at radius 2 is 2.18 bits per heavy atom. The van der Waals surface area contributed by atoms with Crippen molar-refractivity contribution >= 4 is 17.7 Å². The highest BCUT2D eigenvalue weighted by Crippen LogP contribution is 2.26. The molecule has 0 saturated heterocycles. The van der Waals surface area contributed by atoms with Gasteiger partial charge in [-0.2, -0.15) is 0 Å². The number of rotatable bonds is 6. The fraction of sp³-hybridized carbons (Fsp3) is 0.308. The fourth-order valence-electron chi connectivity index (χ4n) is 1.21. The van der Waals surface area contributed by atoms with Crippen LogP contribution in [0.5, 0.6) is 5.75 Å². The number of benzene rings is 1. The molecule has 1 rings (SSSR count). The standard InChI is InChI=1S/C13H16O3S/c1-3-15-13(14)9-6-10-16-11-7-4-5-8-12(11)17-2/h4-9H,3,10H2,1-2H3/b9-6+. The molecule has 0 unspecified atom stereocenters. The minimum Gasteiger partial charge on any atom is -0.488 e. The lowest BCUT2D eigenvalue weighted by Crippen LogP contribution is -2.01. The topological polar surface area (TPSA) is 35.5 Å². The number of ether oxygens (including phenoxy) is 2. The van der Waals surface area contributed by atoms with E-state index >= 15 is 0 Å². The number of para-hydroxylation sites is 1. The Balaban J connectivity index is 2.43. The summed E-state index contributed by atoms with van der Waals surface area (Å²) in [5.41, 5.74) is 0. The van der Waals surface area contributed by atoms with Crippen LogP contribution in [0.2, 0.25) is 0 Å². The monoisotopic (exact) mass is 252 g/mol. The summed E-state index contributed by atoms with van der Waals surface area (Å²) in [4.78, 5) is 12.1. The van der Waals surface area contributed by atoms with Crippen molar-refractivity contribution in [3.05, 3.63) is 36.4 Å². The highest BCUT2D eigenvalue weighted by atomic mass is 32.2. The van der Waals surface area contributed by atoms with Gasteiger partial charge >= 0.3 is 5.97 Å². The predicted octanol–water partition coefficient (Wildman–Crippen LogP) is 2.91. The van der Waals surface area contributed by atoms with Gasteiger partial charge in [-0.1, -0.05) is 12.1 Å². The van der Waals surface area contributed by atoms with E-state index < -0.39 is 0 Å². The molecule has 0 spiro atoms. The molecule has 0 aromatic heterocycles. The predicted molar refractivity (Wildman–Crippen MR) is 69.5 cm³/mol. The number of hydrogen-bond acceptors (Lipinski definition) is 4. The molecule has 4 heteroatoms. The Labute approximate surface area is 106 Å². The Hall–Kier alpha value is -1.42. The zero-order valence-corrected chi connectivity index (χ0v) is 10.8. The van der Waals surface area contributed by atoms with Crippen LogP contribution in [0.3, 0.4) is 0 Å². The summed E-state index contributed by atoms with van der Waals surface area (Å²) in [5.74, 6) is 0.489. The smallest absolute Gasteiger partial charge is 0.330 e. The third-order valence-corrected chi connectivity index (χ3v) is 2.72. The van der Waals surface area contributed by atoms with E-state index in [9.17, 15) is 4.79 Å². The second-order valence-electron chi connectivity index (χ2n) is 3.12. The van der Waals surface area contributed by atoms with Crippen molar-refractivity contribution in [1.29, 1.82) is 0 Å². The van der Waals surface area contributed by atoms with Crippen LogP contribution >= 0.6 is 11.8 Å². The summed E-state index contributed by atoms with van der Waals surface area (Å²) in [7, 11) is 0. The maximum absolute atomic E-state index is 11.0. The normalized spacial score (nSPS) is 10.5. The molecule has 0 N–H and O–H groups in total. The third-order valence-electron chi connectivity index (χ3n) is 1.94. The van der Waals surface area contributed by atoms with Crippen LogP contribution in [0.4, 0.5) is 0 Å². The SMILES string of the molecule is CCOC(=O)/C=C/COc1ccccc1SC. The second-order valence-corrected chi connectivity index (χ2v) is 3.96. The van der Waals surface area contributed by atoms with Crippen molar-refractivity contribution in [2.24, 2.45) is 0 Å². The van der Waals surface area contributed by atoms with Gasteiger partial charge in [0.1, 0.15) is 12.4 Å². The Morgan fingerprint density at radius 1 is 1.41 bits per heavy atom. The first kappa shape index (κ1) is 13.6. The van der Waals surface area contributed by atoms with Gasteiger partial charge in [-0.15, -0.1) is 11.8 Å². The van der Waals surface area contributed by atoms with E-state index in [2.05, 4.69) is 0 Å². The summed E-state index contributed by atoms with van der Waals surface area (Å²) in [6.07, 6.45) is 5.02. The highest BCUT2D eigenvalue weighted by molar-refractivity contribution is 7.98. The molecule has 0 aliphatic rings. The van der Waals surface area contributed by atoms with Crippen molar-refractivity contribution in [1.82, 2.24) is 0 Å². The van der Waals surface area contributed by atoms with Gasteiger partial charge in [0.25, 0.3) is 0 Å². The Bertz CT molecular complexity index is 388. The van der Waals surface area contributed by atoms with Crippen LogP contribution in [-0.4, -0.2) is 25.4 Å². The van der Waals surface area contributed by atoms with Crippen molar-refractivity contribution in [3.8, 4) is 5.75 Å². The van der Waals surface area contributed by atoms with Crippen molar-refractivity contribution in [2.75, 3.05) is 19.5 Å². The van der Waals surface area contributed by atoms with Gasteiger partial charge in [0.2, 0.25) is 0 Å². The van der Waals surface area contributed by atoms with Crippen LogP contribution < -0.4 is 4.74 Å². The average Bonchev–Trinajstić information content (AvgIpc) is 2.35. The molecule has 0 bridgehead atoms. The van der Waals surface area contributed by atoms with E-state index in [-0.39, 0.29) is 5.97 Å². The zero-order valence-electron chi connectivity index (χ0n) is 10.0. The molecule has 0 aliphatic heterocycles. The zero-order chi connectivity index (χ0) is 12.5. The number of thioether (sulfide) groups is 1. The molecule has 0 aliphatic carbocycles. The summed E-state index contributed by atoms with van der Waals surface area (Å²) in [5, 5.41) is 0. The molecule has 17 heavy (non-hydrogen) atoms. The molecule has 0 amide bonds. The first-order valence-corrected chi connectivity index (χ1v) is 6.59. The summed E-state index contributed by atoms with van der Waals surface area (Å²) in [6.45, 7) is 2.52. The number of carbonyl (C=O) groups is 1. The fourth-order valence-corrected chi connectivity index (χ4v) is 1.75. The molecular weight excluding hydrogens is 236 g/mol. The van der Waals surface area contributed by atoms with Gasteiger partial charge in [0.05, 0.1) is 6.61 Å². The molecule has 0 radical (unpaired) electrons. The van der Waals surface area contributed by atoms with Crippen LogP contribution in [-0.2, 0) is 9.53 Å². The molecular formula is C13H16O3S. The highest BCUT2D eigenvalue weighted by Gasteiger charge is 1.99. The van der Waals surface area contributed by atoms with E-state index in [0.29, 0.717) is 13.2 Å². The van der Waals surface area contributed by atoms with E-state index in [4.69, 9.17) is 9.47 Å². The van der Waals surface area contributed by atoms with E-state index in [1.54, 1.807) is 24.8 Å². The van der Waals surface area contributed by atoms with E-state index in [0.717, 1.165) is 10.6 Å². The van der Waals surface area contributed by atoms with Gasteiger partial charge in [-0.05, 0) is 31.4 Å². The van der Waals surface area contributed by atoms with Gasteiger partial charge in [-0.25, -0.2) is 4.79 Å². The van der Waals surface area contributed by atoms with E-state index in [1.807, 2.05) is 30.5 Å². The number of hydrogen-bond donors (Lipinski definition) is 0. The van der Waals surface area contributed by atoms with Crippen LogP contribution in [0, 0.1) is 0 Å². The average molecular weight is 252 g/mol. The maximum atomic E-state index is 11.0. The first-order chi connectivity index (χ1) is 8.27. The summed E-state index contributed by atoms with van der Waals surface area (Å²) < 4.78 is 10.3. The third kappa shape index (κ3) is 4.95. The molecule has 0 fully saturated rings. The molecule has 3 nitrogen and oxygen atoms in total. The van der Waals surface area contributed by atoms with E-state index in [1.165, 1.54) is 6.08 Å². The van der Waals surface area contributed by atoms with Gasteiger partial charge in [0.15, 0.2) is 0 Å². The maximum Gasteiger partial charge on any atom is 0.330 e. The quantitative estimate of drug-likeness (QED) is 0.443. The Morgan fingerprint density at radius 3 is 2.88 bits per heavy atom. The molecule has 0 atom stereocenters. The largest absolute Gasteiger partial charge is 0.488 e. The molecule has 1 aromatic carbocycles. The Kier molecular flexibility index (Phi) is 6.25.